The molecule has 4 aromatic rings. The van der Waals surface area contributed by atoms with E-state index in [0.717, 1.165) is 35.7 Å². The minimum absolute atomic E-state index is 0.0565. The van der Waals surface area contributed by atoms with Gasteiger partial charge in [0.05, 0.1) is 17.9 Å². The topological polar surface area (TPSA) is 102 Å². The van der Waals surface area contributed by atoms with Crippen LogP contribution in [0.4, 0.5) is 17.6 Å². The van der Waals surface area contributed by atoms with Crippen LogP contribution in [0.3, 0.4) is 0 Å². The maximum atomic E-state index is 13.3. The van der Waals surface area contributed by atoms with Crippen LogP contribution in [0.1, 0.15) is 53.2 Å². The SMILES string of the molecule is CCC(=CC(=O)c1ccc(C(F)(F)F)cc1)N[C@@H](Cc1ccc(OCCc2nc(-c3ccc(F)cc3)oc2CC)cc1)C(=O)O. The lowest BCUT2D eigenvalue weighted by Gasteiger charge is -2.18. The number of allylic oxidation sites excluding steroid dienone is 2. The van der Waals surface area contributed by atoms with E-state index in [-0.39, 0.29) is 17.8 Å². The number of alkyl halides is 3. The van der Waals surface area contributed by atoms with Crippen LogP contribution in [0, 0.1) is 5.82 Å². The van der Waals surface area contributed by atoms with Gasteiger partial charge in [0.2, 0.25) is 5.89 Å². The summed E-state index contributed by atoms with van der Waals surface area (Å²) in [5.74, 6) is -0.294. The molecule has 0 saturated heterocycles. The highest BCUT2D eigenvalue weighted by atomic mass is 19.4. The Labute approximate surface area is 257 Å². The van der Waals surface area contributed by atoms with Gasteiger partial charge in [0.15, 0.2) is 5.78 Å². The largest absolute Gasteiger partial charge is 0.493 e. The van der Waals surface area contributed by atoms with E-state index in [1.165, 1.54) is 18.2 Å². The van der Waals surface area contributed by atoms with E-state index in [1.807, 2.05) is 6.92 Å². The van der Waals surface area contributed by atoms with Gasteiger partial charge in [-0.05, 0) is 60.5 Å². The number of nitrogens with one attached hydrogen (secondary N) is 1. The Hall–Kier alpha value is -4.93. The molecule has 11 heteroatoms. The molecule has 0 aliphatic carbocycles. The Morgan fingerprint density at radius 2 is 1.67 bits per heavy atom. The summed E-state index contributed by atoms with van der Waals surface area (Å²) in [4.78, 5) is 29.2. The van der Waals surface area contributed by atoms with E-state index >= 15 is 0 Å². The smallest absolute Gasteiger partial charge is 0.416 e. The maximum Gasteiger partial charge on any atom is 0.416 e. The predicted molar refractivity (Wildman–Crippen MR) is 159 cm³/mol. The number of carbonyl (C=O) groups excluding carboxylic acids is 1. The molecule has 3 aromatic carbocycles. The van der Waals surface area contributed by atoms with Crippen molar-refractivity contribution in [3.63, 3.8) is 0 Å². The number of ketones is 1. The third-order valence-electron chi connectivity index (χ3n) is 7.00. The number of carbonyl (C=O) groups is 2. The van der Waals surface area contributed by atoms with Crippen molar-refractivity contribution in [1.82, 2.24) is 10.3 Å². The number of rotatable bonds is 14. The summed E-state index contributed by atoms with van der Waals surface area (Å²) in [6, 6.07) is 15.6. The molecule has 236 valence electrons. The first-order valence-electron chi connectivity index (χ1n) is 14.3. The first-order valence-corrected chi connectivity index (χ1v) is 14.3. The number of benzene rings is 3. The normalized spacial score (nSPS) is 12.5. The summed E-state index contributed by atoms with van der Waals surface area (Å²) in [5.41, 5.74) is 1.67. The number of halogens is 4. The summed E-state index contributed by atoms with van der Waals surface area (Å²) in [5, 5.41) is 12.7. The van der Waals surface area contributed by atoms with Crippen LogP contribution >= 0.6 is 0 Å². The number of oxazole rings is 1. The van der Waals surface area contributed by atoms with E-state index in [2.05, 4.69) is 10.3 Å². The predicted octanol–water partition coefficient (Wildman–Crippen LogP) is 7.45. The van der Waals surface area contributed by atoms with Gasteiger partial charge in [-0.2, -0.15) is 13.2 Å². The molecule has 4 rings (SSSR count). The monoisotopic (exact) mass is 624 g/mol. The van der Waals surface area contributed by atoms with Crippen LogP contribution in [0.5, 0.6) is 5.75 Å². The van der Waals surface area contributed by atoms with Gasteiger partial charge in [-0.3, -0.25) is 4.79 Å². The van der Waals surface area contributed by atoms with Crippen molar-refractivity contribution in [2.75, 3.05) is 6.61 Å². The Bertz CT molecular complexity index is 1630. The molecule has 0 amide bonds. The first-order chi connectivity index (χ1) is 21.5. The summed E-state index contributed by atoms with van der Waals surface area (Å²) in [6.07, 6.45) is -1.78. The Kier molecular flexibility index (Phi) is 10.8. The number of hydrogen-bond donors (Lipinski definition) is 2. The highest BCUT2D eigenvalue weighted by Gasteiger charge is 2.30. The van der Waals surface area contributed by atoms with Crippen molar-refractivity contribution in [2.24, 2.45) is 0 Å². The van der Waals surface area contributed by atoms with Crippen molar-refractivity contribution in [3.05, 3.63) is 119 Å². The van der Waals surface area contributed by atoms with Crippen LogP contribution in [0.2, 0.25) is 0 Å². The molecule has 0 aliphatic rings. The molecule has 1 aromatic heterocycles. The second-order valence-electron chi connectivity index (χ2n) is 10.2. The van der Waals surface area contributed by atoms with E-state index in [9.17, 15) is 32.3 Å². The average molecular weight is 625 g/mol. The lowest BCUT2D eigenvalue weighted by atomic mass is 10.0. The number of hydrogen-bond acceptors (Lipinski definition) is 6. The lowest BCUT2D eigenvalue weighted by Crippen LogP contribution is -2.38. The summed E-state index contributed by atoms with van der Waals surface area (Å²) < 4.78 is 63.5. The fraction of sp³-hybridized carbons (Fsp3) is 0.265. The molecule has 1 atom stereocenters. The molecule has 7 nitrogen and oxygen atoms in total. The zero-order chi connectivity index (χ0) is 32.6. The number of nitrogens with zero attached hydrogens (tertiary/aromatic N) is 1. The molecule has 0 radical (unpaired) electrons. The van der Waals surface area contributed by atoms with Crippen molar-refractivity contribution < 1.29 is 41.4 Å². The van der Waals surface area contributed by atoms with Crippen molar-refractivity contribution in [3.8, 4) is 17.2 Å². The summed E-state index contributed by atoms with van der Waals surface area (Å²) in [6.45, 7) is 4.00. The minimum Gasteiger partial charge on any atom is -0.493 e. The lowest BCUT2D eigenvalue weighted by molar-refractivity contribution is -0.139. The van der Waals surface area contributed by atoms with E-state index in [4.69, 9.17) is 9.15 Å². The van der Waals surface area contributed by atoms with Crippen LogP contribution < -0.4 is 10.1 Å². The second-order valence-corrected chi connectivity index (χ2v) is 10.2. The number of carboxylic acid groups (broad SMARTS) is 1. The number of aromatic nitrogens is 1. The third kappa shape index (κ3) is 9.04. The molecule has 0 unspecified atom stereocenters. The van der Waals surface area contributed by atoms with Crippen molar-refractivity contribution in [1.29, 1.82) is 0 Å². The zero-order valence-corrected chi connectivity index (χ0v) is 24.7. The molecule has 2 N–H and O–H groups in total. The fourth-order valence-corrected chi connectivity index (χ4v) is 4.53. The second kappa shape index (κ2) is 14.7. The highest BCUT2D eigenvalue weighted by molar-refractivity contribution is 6.04. The number of ether oxygens (including phenoxy) is 1. The number of carboxylic acids is 1. The fourth-order valence-electron chi connectivity index (χ4n) is 4.53. The standard InChI is InChI=1S/C34H32F4N2O5/c1-3-26(20-30(41)22-7-11-24(12-8-22)34(36,37)38)39-29(33(42)43)19-21-5-15-27(16-6-21)44-18-17-28-31(4-2)45-32(40-28)23-9-13-25(35)14-10-23/h5-16,20,29,39H,3-4,17-19H2,1-2H3,(H,42,43)/t29-/m0/s1. The van der Waals surface area contributed by atoms with Crippen LogP contribution in [-0.4, -0.2) is 34.5 Å². The molecule has 0 spiro atoms. The van der Waals surface area contributed by atoms with Crippen LogP contribution in [-0.2, 0) is 30.2 Å². The molecule has 0 aliphatic heterocycles. The number of aryl methyl sites for hydroxylation is 1. The molecular weight excluding hydrogens is 592 g/mol. The van der Waals surface area contributed by atoms with Crippen molar-refractivity contribution >= 4 is 11.8 Å². The molecule has 0 fully saturated rings. The highest BCUT2D eigenvalue weighted by Crippen LogP contribution is 2.29. The van der Waals surface area contributed by atoms with Crippen LogP contribution in [0.15, 0.2) is 89.0 Å². The molecule has 0 bridgehead atoms. The van der Waals surface area contributed by atoms with E-state index in [0.29, 0.717) is 54.3 Å². The first kappa shape index (κ1) is 33.0. The van der Waals surface area contributed by atoms with Gasteiger partial charge in [-0.1, -0.05) is 38.1 Å². The quantitative estimate of drug-likeness (QED) is 0.0854. The van der Waals surface area contributed by atoms with E-state index < -0.39 is 29.5 Å². The molecule has 45 heavy (non-hydrogen) atoms. The van der Waals surface area contributed by atoms with Gasteiger partial charge in [-0.15, -0.1) is 0 Å². The van der Waals surface area contributed by atoms with E-state index in [1.54, 1.807) is 43.3 Å². The summed E-state index contributed by atoms with van der Waals surface area (Å²) in [7, 11) is 0. The zero-order valence-electron chi connectivity index (χ0n) is 24.7. The van der Waals surface area contributed by atoms with Crippen LogP contribution in [0.25, 0.3) is 11.5 Å². The van der Waals surface area contributed by atoms with Gasteiger partial charge in [0.1, 0.15) is 23.4 Å². The van der Waals surface area contributed by atoms with Crippen molar-refractivity contribution in [2.45, 2.75) is 51.7 Å². The number of aliphatic carboxylic acids is 1. The van der Waals surface area contributed by atoms with Gasteiger partial charge in [0, 0.05) is 42.2 Å². The minimum atomic E-state index is -4.51. The molecule has 0 saturated carbocycles. The van der Waals surface area contributed by atoms with Gasteiger partial charge >= 0.3 is 12.1 Å². The molecule has 1 heterocycles. The Morgan fingerprint density at radius 1 is 1.00 bits per heavy atom. The Balaban J connectivity index is 1.34. The summed E-state index contributed by atoms with van der Waals surface area (Å²) >= 11 is 0. The molecular formula is C34H32F4N2O5. The van der Waals surface area contributed by atoms with Gasteiger partial charge in [-0.25, -0.2) is 14.2 Å². The van der Waals surface area contributed by atoms with Gasteiger partial charge in [0.25, 0.3) is 0 Å². The maximum absolute atomic E-state index is 13.3. The average Bonchev–Trinajstić information content (AvgIpc) is 3.44. The third-order valence-corrected chi connectivity index (χ3v) is 7.00. The van der Waals surface area contributed by atoms with Gasteiger partial charge < -0.3 is 19.6 Å². The Morgan fingerprint density at radius 3 is 2.24 bits per heavy atom.